The van der Waals surface area contributed by atoms with E-state index in [-0.39, 0.29) is 5.91 Å². The summed E-state index contributed by atoms with van der Waals surface area (Å²) < 4.78 is 1.99. The van der Waals surface area contributed by atoms with Crippen molar-refractivity contribution >= 4 is 11.6 Å². The van der Waals surface area contributed by atoms with Gasteiger partial charge in [0, 0.05) is 57.4 Å². The Morgan fingerprint density at radius 2 is 2.04 bits per heavy atom. The van der Waals surface area contributed by atoms with E-state index in [1.165, 1.54) is 0 Å². The summed E-state index contributed by atoms with van der Waals surface area (Å²) >= 11 is 0. The van der Waals surface area contributed by atoms with Gasteiger partial charge in [-0.15, -0.1) is 0 Å². The number of likely N-dealkylation sites (tertiary alicyclic amines) is 1. The Labute approximate surface area is 143 Å². The Hall–Kier alpha value is -2.30. The van der Waals surface area contributed by atoms with E-state index >= 15 is 0 Å². The zero-order valence-electron chi connectivity index (χ0n) is 14.6. The molecule has 0 bridgehead atoms. The van der Waals surface area contributed by atoms with E-state index in [1.54, 1.807) is 0 Å². The van der Waals surface area contributed by atoms with Gasteiger partial charge in [0.05, 0.1) is 0 Å². The molecule has 0 aliphatic carbocycles. The minimum absolute atomic E-state index is 0.157. The number of piperidine rings is 1. The van der Waals surface area contributed by atoms with Gasteiger partial charge >= 0.3 is 0 Å². The lowest BCUT2D eigenvalue weighted by molar-refractivity contribution is 0.0684. The third-order valence-corrected chi connectivity index (χ3v) is 4.84. The number of nitrogens with zero attached hydrogens (tertiary/aromatic N) is 4. The van der Waals surface area contributed by atoms with Crippen molar-refractivity contribution in [2.24, 2.45) is 5.92 Å². The average molecular weight is 326 g/mol. The maximum Gasteiger partial charge on any atom is 0.253 e. The molecule has 1 aromatic heterocycles. The van der Waals surface area contributed by atoms with Crippen LogP contribution in [-0.4, -0.2) is 47.8 Å². The average Bonchev–Trinajstić information content (AvgIpc) is 3.13. The molecule has 0 unspecified atom stereocenters. The van der Waals surface area contributed by atoms with Gasteiger partial charge < -0.3 is 9.80 Å². The summed E-state index contributed by atoms with van der Waals surface area (Å²) in [5, 5.41) is 4.25. The van der Waals surface area contributed by atoms with Crippen LogP contribution >= 0.6 is 0 Å². The van der Waals surface area contributed by atoms with Gasteiger partial charge in [-0.2, -0.15) is 5.10 Å². The normalized spacial score (nSPS) is 15.5. The Kier molecular flexibility index (Phi) is 5.18. The second-order valence-electron chi connectivity index (χ2n) is 6.74. The molecule has 1 fully saturated rings. The van der Waals surface area contributed by atoms with Crippen LogP contribution in [0.15, 0.2) is 42.7 Å². The summed E-state index contributed by atoms with van der Waals surface area (Å²) in [6.07, 6.45) is 7.14. The van der Waals surface area contributed by atoms with Crippen LogP contribution in [0, 0.1) is 5.92 Å². The molecule has 24 heavy (non-hydrogen) atoms. The number of rotatable bonds is 5. The summed E-state index contributed by atoms with van der Waals surface area (Å²) in [6.45, 7) is 2.68. The molecule has 0 spiro atoms. The van der Waals surface area contributed by atoms with Gasteiger partial charge in [-0.05, 0) is 49.4 Å². The molecule has 3 rings (SSSR count). The molecular formula is C19H26N4O. The van der Waals surface area contributed by atoms with Gasteiger partial charge in [0.25, 0.3) is 5.91 Å². The van der Waals surface area contributed by atoms with Crippen LogP contribution in [-0.2, 0) is 6.54 Å². The largest absolute Gasteiger partial charge is 0.378 e. The van der Waals surface area contributed by atoms with E-state index < -0.39 is 0 Å². The first kappa shape index (κ1) is 16.6. The first-order valence-electron chi connectivity index (χ1n) is 8.67. The number of carbonyl (C=O) groups is 1. The third kappa shape index (κ3) is 3.96. The molecule has 0 atom stereocenters. The van der Waals surface area contributed by atoms with Crippen molar-refractivity contribution in [2.75, 3.05) is 32.1 Å². The standard InChI is InChI=1S/C19H26N4O/c1-21(2)18-6-3-5-17(15-18)19(24)22-12-7-16(8-13-22)9-14-23-11-4-10-20-23/h3-6,10-11,15-16H,7-9,12-14H2,1-2H3. The van der Waals surface area contributed by atoms with Crippen LogP contribution in [0.1, 0.15) is 29.6 Å². The van der Waals surface area contributed by atoms with Crippen molar-refractivity contribution in [1.29, 1.82) is 0 Å². The Bertz CT molecular complexity index is 658. The van der Waals surface area contributed by atoms with E-state index in [1.807, 2.05) is 71.3 Å². The lowest BCUT2D eigenvalue weighted by Gasteiger charge is -2.32. The molecule has 5 heteroatoms. The number of carbonyl (C=O) groups excluding carboxylic acids is 1. The van der Waals surface area contributed by atoms with E-state index in [0.29, 0.717) is 5.92 Å². The molecule has 2 heterocycles. The smallest absolute Gasteiger partial charge is 0.253 e. The number of hydrogen-bond donors (Lipinski definition) is 0. The molecule has 0 radical (unpaired) electrons. The highest BCUT2D eigenvalue weighted by molar-refractivity contribution is 5.95. The minimum atomic E-state index is 0.157. The van der Waals surface area contributed by atoms with Gasteiger partial charge in [0.1, 0.15) is 0 Å². The number of aromatic nitrogens is 2. The van der Waals surface area contributed by atoms with Crippen LogP contribution in [0.4, 0.5) is 5.69 Å². The first-order chi connectivity index (χ1) is 11.6. The Morgan fingerprint density at radius 3 is 2.71 bits per heavy atom. The van der Waals surface area contributed by atoms with Gasteiger partial charge in [-0.3, -0.25) is 9.48 Å². The maximum atomic E-state index is 12.7. The Balaban J connectivity index is 1.52. The second-order valence-corrected chi connectivity index (χ2v) is 6.74. The molecule has 0 N–H and O–H groups in total. The Morgan fingerprint density at radius 1 is 1.25 bits per heavy atom. The van der Waals surface area contributed by atoms with Crippen LogP contribution < -0.4 is 4.90 Å². The van der Waals surface area contributed by atoms with E-state index in [0.717, 1.165) is 50.1 Å². The summed E-state index contributed by atoms with van der Waals surface area (Å²) in [5.41, 5.74) is 1.85. The van der Waals surface area contributed by atoms with Crippen molar-refractivity contribution in [1.82, 2.24) is 14.7 Å². The fourth-order valence-electron chi connectivity index (χ4n) is 3.27. The van der Waals surface area contributed by atoms with Crippen molar-refractivity contribution in [3.63, 3.8) is 0 Å². The quantitative estimate of drug-likeness (QED) is 0.848. The van der Waals surface area contributed by atoms with E-state index in [9.17, 15) is 4.79 Å². The summed E-state index contributed by atoms with van der Waals surface area (Å²) in [6, 6.07) is 9.84. The molecular weight excluding hydrogens is 300 g/mol. The molecule has 128 valence electrons. The van der Waals surface area contributed by atoms with Crippen molar-refractivity contribution in [3.8, 4) is 0 Å². The zero-order chi connectivity index (χ0) is 16.9. The lowest BCUT2D eigenvalue weighted by atomic mass is 9.93. The van der Waals surface area contributed by atoms with Gasteiger partial charge in [-0.25, -0.2) is 0 Å². The number of aryl methyl sites for hydroxylation is 1. The van der Waals surface area contributed by atoms with Crippen LogP contribution in [0.5, 0.6) is 0 Å². The molecule has 2 aromatic rings. The van der Waals surface area contributed by atoms with Gasteiger partial charge in [0.2, 0.25) is 0 Å². The molecule has 1 aliphatic heterocycles. The molecule has 0 saturated carbocycles. The highest BCUT2D eigenvalue weighted by Crippen LogP contribution is 2.23. The van der Waals surface area contributed by atoms with Crippen LogP contribution in [0.2, 0.25) is 0 Å². The van der Waals surface area contributed by atoms with E-state index in [2.05, 4.69) is 5.10 Å². The predicted octanol–water partition coefficient (Wildman–Crippen LogP) is 2.89. The first-order valence-corrected chi connectivity index (χ1v) is 8.67. The highest BCUT2D eigenvalue weighted by Gasteiger charge is 2.23. The zero-order valence-corrected chi connectivity index (χ0v) is 14.6. The summed E-state index contributed by atoms with van der Waals surface area (Å²) in [7, 11) is 3.99. The van der Waals surface area contributed by atoms with Crippen LogP contribution in [0.25, 0.3) is 0 Å². The summed E-state index contributed by atoms with van der Waals surface area (Å²) in [4.78, 5) is 16.7. The molecule has 1 amide bonds. The SMILES string of the molecule is CN(C)c1cccc(C(=O)N2CCC(CCn3cccn3)CC2)c1. The van der Waals surface area contributed by atoms with Gasteiger partial charge in [0.15, 0.2) is 0 Å². The fourth-order valence-corrected chi connectivity index (χ4v) is 3.27. The summed E-state index contributed by atoms with van der Waals surface area (Å²) in [5.74, 6) is 0.843. The van der Waals surface area contributed by atoms with Crippen molar-refractivity contribution in [2.45, 2.75) is 25.8 Å². The maximum absolute atomic E-state index is 12.7. The predicted molar refractivity (Wildman–Crippen MR) is 96.2 cm³/mol. The number of hydrogen-bond acceptors (Lipinski definition) is 3. The van der Waals surface area contributed by atoms with Gasteiger partial charge in [-0.1, -0.05) is 6.07 Å². The highest BCUT2D eigenvalue weighted by atomic mass is 16.2. The third-order valence-electron chi connectivity index (χ3n) is 4.84. The van der Waals surface area contributed by atoms with Crippen molar-refractivity contribution < 1.29 is 4.79 Å². The molecule has 1 saturated heterocycles. The molecule has 5 nitrogen and oxygen atoms in total. The van der Waals surface area contributed by atoms with Crippen LogP contribution in [0.3, 0.4) is 0 Å². The number of amides is 1. The molecule has 1 aliphatic rings. The number of anilines is 1. The number of benzene rings is 1. The second kappa shape index (κ2) is 7.51. The topological polar surface area (TPSA) is 41.4 Å². The monoisotopic (exact) mass is 326 g/mol. The fraction of sp³-hybridized carbons (Fsp3) is 0.474. The lowest BCUT2D eigenvalue weighted by Crippen LogP contribution is -2.38. The molecule has 1 aromatic carbocycles. The minimum Gasteiger partial charge on any atom is -0.378 e. The van der Waals surface area contributed by atoms with Crippen molar-refractivity contribution in [3.05, 3.63) is 48.3 Å². The van der Waals surface area contributed by atoms with E-state index in [4.69, 9.17) is 0 Å².